The van der Waals surface area contributed by atoms with Crippen LogP contribution in [0.15, 0.2) is 48.5 Å². The van der Waals surface area contributed by atoms with E-state index in [1.165, 1.54) is 12.8 Å². The topological polar surface area (TPSA) is 38.8 Å². The fourth-order valence-corrected chi connectivity index (χ4v) is 7.09. The summed E-state index contributed by atoms with van der Waals surface area (Å²) in [5.41, 5.74) is 2.44. The van der Waals surface area contributed by atoms with Gasteiger partial charge < -0.3 is 15.1 Å². The molecule has 5 rings (SSSR count). The molecule has 1 amide bonds. The summed E-state index contributed by atoms with van der Waals surface area (Å²) >= 11 is 6.10. The van der Waals surface area contributed by atoms with Crippen LogP contribution in [0.4, 0.5) is 13.2 Å². The lowest BCUT2D eigenvalue weighted by Gasteiger charge is -2.52. The Morgan fingerprint density at radius 3 is 2.48 bits per heavy atom. The largest absolute Gasteiger partial charge is 0.401 e. The number of likely N-dealkylation sites (N-methyl/N-ethyl adjacent to an activating group) is 1. The minimum atomic E-state index is -4.27. The summed E-state index contributed by atoms with van der Waals surface area (Å²) in [5.74, 6) is 0.0229. The van der Waals surface area contributed by atoms with Gasteiger partial charge in [-0.2, -0.15) is 13.2 Å². The first-order valence-corrected chi connectivity index (χ1v) is 14.9. The molecule has 3 heterocycles. The predicted octanol–water partition coefficient (Wildman–Crippen LogP) is 5.26. The van der Waals surface area contributed by atoms with Gasteiger partial charge in [-0.3, -0.25) is 9.69 Å². The number of fused-ring (bicyclic) bond motifs is 2. The summed E-state index contributed by atoms with van der Waals surface area (Å²) in [4.78, 5) is 19.8. The highest BCUT2D eigenvalue weighted by Crippen LogP contribution is 2.44. The van der Waals surface area contributed by atoms with Crippen LogP contribution in [0, 0.1) is 0 Å². The van der Waals surface area contributed by atoms with E-state index in [0.717, 1.165) is 36.2 Å². The second-order valence-electron chi connectivity index (χ2n) is 11.7. The van der Waals surface area contributed by atoms with Gasteiger partial charge in [0.05, 0.1) is 18.1 Å². The monoisotopic (exact) mass is 576 g/mol. The summed E-state index contributed by atoms with van der Waals surface area (Å²) in [6.07, 6.45) is 1.35. The quantitative estimate of drug-likeness (QED) is 0.488. The van der Waals surface area contributed by atoms with E-state index in [1.807, 2.05) is 53.4 Å². The Balaban J connectivity index is 1.33. The highest BCUT2D eigenvalue weighted by atomic mass is 35.5. The summed E-state index contributed by atoms with van der Waals surface area (Å²) in [5, 5.41) is 4.24. The number of benzene rings is 2. The molecule has 0 bridgehead atoms. The van der Waals surface area contributed by atoms with Gasteiger partial charge in [0, 0.05) is 37.2 Å². The standard InChI is InChI=1S/C31H40ClF3N4O/c1-37-16-5-4-7-26(37)21-36-28(20-23-9-11-25(32)12-10-23)29(40)38-18-14-30(15-19-38)27-8-3-2-6-24(27)13-17-39(30)22-31(33,34)35/h2-3,6,8-12,26,28,36H,4-5,7,13-22H2,1H3/t26?,28-/m1/s1. The molecular weight excluding hydrogens is 537 g/mol. The van der Waals surface area contributed by atoms with Crippen LogP contribution in [0.25, 0.3) is 0 Å². The summed E-state index contributed by atoms with van der Waals surface area (Å²) < 4.78 is 40.9. The number of hydrogen-bond donors (Lipinski definition) is 1. The predicted molar refractivity (Wildman–Crippen MR) is 152 cm³/mol. The fourth-order valence-electron chi connectivity index (χ4n) is 6.97. The molecule has 2 atom stereocenters. The van der Waals surface area contributed by atoms with Crippen molar-refractivity contribution in [2.75, 3.05) is 46.3 Å². The van der Waals surface area contributed by atoms with Crippen molar-refractivity contribution in [1.82, 2.24) is 20.0 Å². The molecular formula is C31H40ClF3N4O. The first kappa shape index (κ1) is 29.4. The van der Waals surface area contributed by atoms with Gasteiger partial charge >= 0.3 is 6.18 Å². The first-order chi connectivity index (χ1) is 19.1. The number of nitrogens with one attached hydrogen (secondary N) is 1. The normalized spacial score (nSPS) is 22.7. The van der Waals surface area contributed by atoms with E-state index in [-0.39, 0.29) is 5.91 Å². The zero-order valence-electron chi connectivity index (χ0n) is 23.2. The zero-order chi connectivity index (χ0) is 28.3. The van der Waals surface area contributed by atoms with E-state index in [9.17, 15) is 18.0 Å². The smallest absolute Gasteiger partial charge is 0.341 e. The van der Waals surface area contributed by atoms with Crippen LogP contribution in [-0.4, -0.2) is 85.2 Å². The average molecular weight is 577 g/mol. The van der Waals surface area contributed by atoms with Crippen molar-refractivity contribution in [3.8, 4) is 0 Å². The Kier molecular flexibility index (Phi) is 9.10. The Hall–Kier alpha value is -2.13. The van der Waals surface area contributed by atoms with Crippen molar-refractivity contribution >= 4 is 17.5 Å². The van der Waals surface area contributed by atoms with Gasteiger partial charge in [0.1, 0.15) is 0 Å². The van der Waals surface area contributed by atoms with Crippen LogP contribution < -0.4 is 5.32 Å². The van der Waals surface area contributed by atoms with E-state index in [0.29, 0.717) is 56.4 Å². The summed E-state index contributed by atoms with van der Waals surface area (Å²) in [6, 6.07) is 15.5. The third kappa shape index (κ3) is 6.67. The Morgan fingerprint density at radius 2 is 1.77 bits per heavy atom. The minimum absolute atomic E-state index is 0.0229. The van der Waals surface area contributed by atoms with Gasteiger partial charge in [0.25, 0.3) is 0 Å². The number of likely N-dealkylation sites (tertiary alicyclic amines) is 2. The molecule has 0 saturated carbocycles. The maximum Gasteiger partial charge on any atom is 0.401 e. The number of rotatable bonds is 7. The lowest BCUT2D eigenvalue weighted by atomic mass is 9.74. The number of halogens is 4. The number of amides is 1. The minimum Gasteiger partial charge on any atom is -0.341 e. The molecule has 2 saturated heterocycles. The zero-order valence-corrected chi connectivity index (χ0v) is 24.0. The number of hydrogen-bond acceptors (Lipinski definition) is 4. The lowest BCUT2D eigenvalue weighted by molar-refractivity contribution is -0.168. The molecule has 2 aromatic carbocycles. The molecule has 1 spiro atoms. The molecule has 2 fully saturated rings. The molecule has 0 radical (unpaired) electrons. The molecule has 1 N–H and O–H groups in total. The van der Waals surface area contributed by atoms with Gasteiger partial charge in [-0.05, 0) is 80.9 Å². The third-order valence-corrected chi connectivity index (χ3v) is 9.47. The Morgan fingerprint density at radius 1 is 1.05 bits per heavy atom. The van der Waals surface area contributed by atoms with Crippen molar-refractivity contribution in [2.45, 2.75) is 68.7 Å². The van der Waals surface area contributed by atoms with Crippen molar-refractivity contribution in [1.29, 1.82) is 0 Å². The van der Waals surface area contributed by atoms with Gasteiger partial charge in [-0.1, -0.05) is 54.4 Å². The second kappa shape index (κ2) is 12.4. The van der Waals surface area contributed by atoms with Gasteiger partial charge in [-0.25, -0.2) is 0 Å². The maximum absolute atomic E-state index is 14.0. The molecule has 2 aromatic rings. The highest BCUT2D eigenvalue weighted by Gasteiger charge is 2.48. The van der Waals surface area contributed by atoms with Crippen LogP contribution in [0.5, 0.6) is 0 Å². The molecule has 5 nitrogen and oxygen atoms in total. The molecule has 40 heavy (non-hydrogen) atoms. The maximum atomic E-state index is 14.0. The van der Waals surface area contributed by atoms with Gasteiger partial charge in [-0.15, -0.1) is 0 Å². The molecule has 0 aromatic heterocycles. The number of alkyl halides is 3. The average Bonchev–Trinajstić information content (AvgIpc) is 2.94. The van der Waals surface area contributed by atoms with Crippen LogP contribution in [0.2, 0.25) is 5.02 Å². The lowest BCUT2D eigenvalue weighted by Crippen LogP contribution is -2.60. The van der Waals surface area contributed by atoms with Gasteiger partial charge in [0.2, 0.25) is 5.91 Å². The Bertz CT molecular complexity index is 1150. The van der Waals surface area contributed by atoms with Crippen LogP contribution in [0.3, 0.4) is 0 Å². The molecule has 3 aliphatic rings. The molecule has 3 aliphatic heterocycles. The van der Waals surface area contributed by atoms with Crippen molar-refractivity contribution < 1.29 is 18.0 Å². The van der Waals surface area contributed by atoms with E-state index in [1.54, 1.807) is 4.90 Å². The van der Waals surface area contributed by atoms with E-state index < -0.39 is 24.3 Å². The number of carbonyl (C=O) groups excluding carboxylic acids is 1. The van der Waals surface area contributed by atoms with Crippen LogP contribution in [0.1, 0.15) is 48.8 Å². The number of carbonyl (C=O) groups is 1. The van der Waals surface area contributed by atoms with Gasteiger partial charge in [0.15, 0.2) is 0 Å². The molecule has 9 heteroatoms. The van der Waals surface area contributed by atoms with E-state index >= 15 is 0 Å². The second-order valence-corrected chi connectivity index (χ2v) is 12.2. The van der Waals surface area contributed by atoms with E-state index in [2.05, 4.69) is 17.3 Å². The summed E-state index contributed by atoms with van der Waals surface area (Å²) in [6.45, 7) is 2.11. The van der Waals surface area contributed by atoms with Crippen LogP contribution >= 0.6 is 11.6 Å². The summed E-state index contributed by atoms with van der Waals surface area (Å²) in [7, 11) is 2.14. The molecule has 1 unspecified atom stereocenters. The SMILES string of the molecule is CN1CCCCC1CN[C@H](Cc1ccc(Cl)cc1)C(=O)N1CCC2(CC1)c1ccccc1CCN2CC(F)(F)F. The van der Waals surface area contributed by atoms with Crippen molar-refractivity contribution in [3.05, 3.63) is 70.2 Å². The Labute approximate surface area is 240 Å². The fraction of sp³-hybridized carbons (Fsp3) is 0.581. The molecule has 0 aliphatic carbocycles. The van der Waals surface area contributed by atoms with Crippen molar-refractivity contribution in [2.24, 2.45) is 0 Å². The van der Waals surface area contributed by atoms with E-state index in [4.69, 9.17) is 11.6 Å². The van der Waals surface area contributed by atoms with Crippen LogP contribution in [-0.2, 0) is 23.2 Å². The first-order valence-electron chi connectivity index (χ1n) is 14.5. The molecule has 218 valence electrons. The number of nitrogens with zero attached hydrogens (tertiary/aromatic N) is 3. The highest BCUT2D eigenvalue weighted by molar-refractivity contribution is 6.30. The third-order valence-electron chi connectivity index (χ3n) is 9.22. The number of piperidine rings is 2. The van der Waals surface area contributed by atoms with Crippen molar-refractivity contribution in [3.63, 3.8) is 0 Å².